The average molecular weight is 375 g/mol. The molecule has 0 fully saturated rings. The zero-order valence-corrected chi connectivity index (χ0v) is 13.6. The predicted molar refractivity (Wildman–Crippen MR) is 84.9 cm³/mol. The summed E-state index contributed by atoms with van der Waals surface area (Å²) in [4.78, 5) is 14.4. The third kappa shape index (κ3) is 5.61. The molecule has 0 aliphatic carbocycles. The number of benzene rings is 1. The number of nitrogens with zero attached hydrogens (tertiary/aromatic N) is 1. The summed E-state index contributed by atoms with van der Waals surface area (Å²) in [6, 6.07) is 7.21. The highest BCUT2D eigenvalue weighted by molar-refractivity contribution is 6.31. The first kappa shape index (κ1) is 19.0. The molecule has 5 nitrogen and oxygen atoms in total. The van der Waals surface area contributed by atoms with Crippen molar-refractivity contribution in [2.45, 2.75) is 12.7 Å². The Balaban J connectivity index is 1.80. The van der Waals surface area contributed by atoms with Gasteiger partial charge >= 0.3 is 12.1 Å². The number of aromatic carboxylic acids is 1. The van der Waals surface area contributed by atoms with E-state index in [1.807, 2.05) is 0 Å². The van der Waals surface area contributed by atoms with Gasteiger partial charge in [0.2, 0.25) is 5.88 Å². The zero-order chi connectivity index (χ0) is 18.4. The molecule has 134 valence electrons. The van der Waals surface area contributed by atoms with Crippen LogP contribution in [0.3, 0.4) is 0 Å². The lowest BCUT2D eigenvalue weighted by Gasteiger charge is -2.11. The molecule has 9 heteroatoms. The van der Waals surface area contributed by atoms with Crippen molar-refractivity contribution in [1.29, 1.82) is 0 Å². The Morgan fingerprint density at radius 3 is 2.72 bits per heavy atom. The first-order valence-corrected chi connectivity index (χ1v) is 7.53. The van der Waals surface area contributed by atoms with Crippen LogP contribution in [0.5, 0.6) is 5.88 Å². The molecule has 0 bridgehead atoms. The molecule has 0 radical (unpaired) electrons. The molecule has 1 aromatic carbocycles. The number of pyridine rings is 1. The monoisotopic (exact) mass is 374 g/mol. The van der Waals surface area contributed by atoms with Crippen LogP contribution >= 0.6 is 11.6 Å². The molecule has 0 atom stereocenters. The molecule has 25 heavy (non-hydrogen) atoms. The summed E-state index contributed by atoms with van der Waals surface area (Å²) in [5.41, 5.74) is 0.0307. The normalized spacial score (nSPS) is 11.4. The molecular weight excluding hydrogens is 361 g/mol. The van der Waals surface area contributed by atoms with E-state index in [0.717, 1.165) is 11.6 Å². The summed E-state index contributed by atoms with van der Waals surface area (Å²) in [6.07, 6.45) is -3.85. The highest BCUT2D eigenvalue weighted by Crippen LogP contribution is 2.32. The Labute approximate surface area is 146 Å². The second kappa shape index (κ2) is 8.17. The summed E-state index contributed by atoms with van der Waals surface area (Å²) >= 11 is 5.73. The van der Waals surface area contributed by atoms with E-state index in [4.69, 9.17) is 21.4 Å². The fourth-order valence-electron chi connectivity index (χ4n) is 1.95. The fourth-order valence-corrected chi connectivity index (χ4v) is 2.17. The predicted octanol–water partition coefficient (Wildman–Crippen LogP) is 3.62. The molecule has 2 N–H and O–H groups in total. The van der Waals surface area contributed by atoms with Crippen molar-refractivity contribution in [1.82, 2.24) is 10.3 Å². The van der Waals surface area contributed by atoms with E-state index in [0.29, 0.717) is 19.3 Å². The van der Waals surface area contributed by atoms with Crippen molar-refractivity contribution in [2.24, 2.45) is 0 Å². The minimum absolute atomic E-state index is 0.0793. The Kier molecular flexibility index (Phi) is 6.22. The summed E-state index contributed by atoms with van der Waals surface area (Å²) in [5, 5.41) is 11.7. The lowest BCUT2D eigenvalue weighted by atomic mass is 10.1. The van der Waals surface area contributed by atoms with Crippen LogP contribution in [0.1, 0.15) is 21.5 Å². The number of aromatic nitrogens is 1. The third-order valence-corrected chi connectivity index (χ3v) is 3.43. The number of rotatable bonds is 7. The molecule has 0 aliphatic rings. The summed E-state index contributed by atoms with van der Waals surface area (Å²) in [5.74, 6) is -1.09. The van der Waals surface area contributed by atoms with Gasteiger partial charge in [-0.05, 0) is 23.8 Å². The van der Waals surface area contributed by atoms with E-state index in [2.05, 4.69) is 10.3 Å². The van der Waals surface area contributed by atoms with Gasteiger partial charge in [-0.25, -0.2) is 9.78 Å². The van der Waals surface area contributed by atoms with Gasteiger partial charge in [0.25, 0.3) is 0 Å². The smallest absolute Gasteiger partial charge is 0.417 e. The summed E-state index contributed by atoms with van der Waals surface area (Å²) in [6.45, 7) is 0.922. The second-order valence-electron chi connectivity index (χ2n) is 5.04. The van der Waals surface area contributed by atoms with Gasteiger partial charge in [-0.2, -0.15) is 13.2 Å². The van der Waals surface area contributed by atoms with Crippen LogP contribution in [0.4, 0.5) is 13.2 Å². The number of nitrogens with one attached hydrogen (secondary N) is 1. The van der Waals surface area contributed by atoms with E-state index in [1.165, 1.54) is 6.07 Å². The van der Waals surface area contributed by atoms with Crippen LogP contribution in [0, 0.1) is 0 Å². The number of hydrogen-bond donors (Lipinski definition) is 2. The van der Waals surface area contributed by atoms with Crippen molar-refractivity contribution in [3.8, 4) is 5.88 Å². The maximum absolute atomic E-state index is 12.5. The van der Waals surface area contributed by atoms with E-state index in [1.54, 1.807) is 18.2 Å². The molecule has 0 spiro atoms. The molecule has 0 saturated heterocycles. The Bertz CT molecular complexity index is 754. The molecule has 0 amide bonds. The van der Waals surface area contributed by atoms with Crippen molar-refractivity contribution >= 4 is 17.6 Å². The van der Waals surface area contributed by atoms with Crippen molar-refractivity contribution in [3.05, 3.63) is 58.2 Å². The molecule has 1 aromatic heterocycles. The number of ether oxygens (including phenoxy) is 1. The van der Waals surface area contributed by atoms with Gasteiger partial charge in [0.1, 0.15) is 11.6 Å². The van der Waals surface area contributed by atoms with Gasteiger partial charge in [-0.1, -0.05) is 23.7 Å². The lowest BCUT2D eigenvalue weighted by Crippen LogP contribution is -2.21. The largest absolute Gasteiger partial charge is 0.478 e. The molecule has 0 saturated carbocycles. The summed E-state index contributed by atoms with van der Waals surface area (Å²) in [7, 11) is 0. The topological polar surface area (TPSA) is 71.5 Å². The lowest BCUT2D eigenvalue weighted by molar-refractivity contribution is -0.137. The van der Waals surface area contributed by atoms with Gasteiger partial charge in [-0.15, -0.1) is 0 Å². The minimum atomic E-state index is -4.51. The fraction of sp³-hybridized carbons (Fsp3) is 0.250. The quantitative estimate of drug-likeness (QED) is 0.724. The zero-order valence-electron chi connectivity index (χ0n) is 12.8. The Morgan fingerprint density at radius 2 is 2.08 bits per heavy atom. The number of halogens is 4. The third-order valence-electron chi connectivity index (χ3n) is 3.16. The standard InChI is InChI=1S/C16H14ClF3N2O3/c17-13-7-12(16(18,19)20)9-22-14(13)25-5-4-21-8-10-2-1-3-11(6-10)15(23)24/h1-3,6-7,9,21H,4-5,8H2,(H,23,24). The van der Waals surface area contributed by atoms with Crippen molar-refractivity contribution < 1.29 is 27.8 Å². The number of hydrogen-bond acceptors (Lipinski definition) is 4. The van der Waals surface area contributed by atoms with E-state index >= 15 is 0 Å². The van der Waals surface area contributed by atoms with Gasteiger partial charge in [0.15, 0.2) is 0 Å². The maximum atomic E-state index is 12.5. The molecule has 2 rings (SSSR count). The average Bonchev–Trinajstić information content (AvgIpc) is 2.55. The van der Waals surface area contributed by atoms with Crippen molar-refractivity contribution in [3.63, 3.8) is 0 Å². The number of carboxylic acid groups (broad SMARTS) is 1. The number of carbonyl (C=O) groups is 1. The molecule has 2 aromatic rings. The number of carboxylic acids is 1. The second-order valence-corrected chi connectivity index (χ2v) is 5.45. The molecule has 0 aliphatic heterocycles. The molecular formula is C16H14ClF3N2O3. The van der Waals surface area contributed by atoms with Gasteiger partial charge < -0.3 is 15.2 Å². The molecule has 0 unspecified atom stereocenters. The van der Waals surface area contributed by atoms with Gasteiger partial charge in [-0.3, -0.25) is 0 Å². The van der Waals surface area contributed by atoms with E-state index < -0.39 is 17.7 Å². The highest BCUT2D eigenvalue weighted by atomic mass is 35.5. The van der Waals surface area contributed by atoms with E-state index in [-0.39, 0.29) is 23.1 Å². The first-order valence-electron chi connectivity index (χ1n) is 7.16. The Hall–Kier alpha value is -2.32. The molecule has 1 heterocycles. The SMILES string of the molecule is O=C(O)c1cccc(CNCCOc2ncc(C(F)(F)F)cc2Cl)c1. The number of alkyl halides is 3. The van der Waals surface area contributed by atoms with Crippen LogP contribution in [0.15, 0.2) is 36.5 Å². The van der Waals surface area contributed by atoms with Crippen LogP contribution < -0.4 is 10.1 Å². The van der Waals surface area contributed by atoms with Gasteiger partial charge in [0.05, 0.1) is 11.1 Å². The van der Waals surface area contributed by atoms with Crippen LogP contribution in [0.25, 0.3) is 0 Å². The van der Waals surface area contributed by atoms with Gasteiger partial charge in [0, 0.05) is 19.3 Å². The minimum Gasteiger partial charge on any atom is -0.478 e. The summed E-state index contributed by atoms with van der Waals surface area (Å²) < 4.78 is 42.8. The first-order chi connectivity index (χ1) is 11.8. The highest BCUT2D eigenvalue weighted by Gasteiger charge is 2.31. The van der Waals surface area contributed by atoms with Crippen LogP contribution in [-0.2, 0) is 12.7 Å². The van der Waals surface area contributed by atoms with Crippen LogP contribution in [-0.4, -0.2) is 29.2 Å². The van der Waals surface area contributed by atoms with Crippen molar-refractivity contribution in [2.75, 3.05) is 13.2 Å². The van der Waals surface area contributed by atoms with Crippen LogP contribution in [0.2, 0.25) is 5.02 Å². The van der Waals surface area contributed by atoms with E-state index in [9.17, 15) is 18.0 Å². The maximum Gasteiger partial charge on any atom is 0.417 e. The Morgan fingerprint density at radius 1 is 1.32 bits per heavy atom.